The number of hydrogen-bond donors (Lipinski definition) is 2. The van der Waals surface area contributed by atoms with E-state index in [1.165, 1.54) is 0 Å². The Hall–Kier alpha value is -2.04. The third-order valence-corrected chi connectivity index (χ3v) is 4.73. The zero-order valence-corrected chi connectivity index (χ0v) is 15.8. The molecule has 6 heteroatoms. The van der Waals surface area contributed by atoms with Crippen molar-refractivity contribution in [2.75, 3.05) is 5.32 Å². The molecule has 0 heterocycles. The Bertz CT molecular complexity index is 787. The lowest BCUT2D eigenvalue weighted by atomic mass is 9.90. The van der Waals surface area contributed by atoms with E-state index in [1.807, 2.05) is 31.2 Å². The molecule has 0 unspecified atom stereocenters. The average molecular weight is 379 g/mol. The van der Waals surface area contributed by atoms with Gasteiger partial charge in [-0.2, -0.15) is 0 Å². The molecule has 25 heavy (non-hydrogen) atoms. The second-order valence-electron chi connectivity index (χ2n) is 6.35. The minimum absolute atomic E-state index is 0.244. The highest BCUT2D eigenvalue weighted by Crippen LogP contribution is 2.31. The molecule has 0 saturated heterocycles. The Morgan fingerprint density at radius 3 is 2.28 bits per heavy atom. The molecule has 0 aliphatic rings. The van der Waals surface area contributed by atoms with Crippen molar-refractivity contribution in [1.82, 2.24) is 5.32 Å². The first-order valence-corrected chi connectivity index (χ1v) is 8.56. The van der Waals surface area contributed by atoms with Gasteiger partial charge in [0.15, 0.2) is 0 Å². The minimum Gasteiger partial charge on any atom is -0.351 e. The quantitative estimate of drug-likeness (QED) is 0.747. The van der Waals surface area contributed by atoms with E-state index >= 15 is 0 Å². The lowest BCUT2D eigenvalue weighted by Gasteiger charge is -2.23. The van der Waals surface area contributed by atoms with E-state index in [2.05, 4.69) is 10.6 Å². The molecule has 2 rings (SSSR count). The predicted molar refractivity (Wildman–Crippen MR) is 102 cm³/mol. The number of aryl methyl sites for hydroxylation is 1. The van der Waals surface area contributed by atoms with E-state index in [-0.39, 0.29) is 10.9 Å². The monoisotopic (exact) mass is 378 g/mol. The SMILES string of the molecule is Cc1ccc(CNC(=O)C(C)(C)C(=O)Nc2cccc(Cl)c2Cl)cc1. The van der Waals surface area contributed by atoms with Gasteiger partial charge in [0.05, 0.1) is 15.7 Å². The maximum absolute atomic E-state index is 12.5. The number of nitrogens with one attached hydrogen (secondary N) is 2. The fourth-order valence-corrected chi connectivity index (χ4v) is 2.44. The molecule has 0 bridgehead atoms. The maximum atomic E-state index is 12.5. The van der Waals surface area contributed by atoms with E-state index < -0.39 is 11.3 Å². The van der Waals surface area contributed by atoms with Crippen LogP contribution < -0.4 is 10.6 Å². The zero-order chi connectivity index (χ0) is 18.6. The van der Waals surface area contributed by atoms with E-state index in [9.17, 15) is 9.59 Å². The number of hydrogen-bond acceptors (Lipinski definition) is 2. The fourth-order valence-electron chi connectivity index (χ4n) is 2.09. The molecule has 0 fully saturated rings. The molecule has 2 amide bonds. The largest absolute Gasteiger partial charge is 0.351 e. The van der Waals surface area contributed by atoms with Gasteiger partial charge in [-0.15, -0.1) is 0 Å². The standard InChI is InChI=1S/C19H20Cl2N2O2/c1-12-7-9-13(10-8-12)11-22-17(24)19(2,3)18(25)23-15-6-4-5-14(20)16(15)21/h4-10H,11H2,1-3H3,(H,22,24)(H,23,25). The highest BCUT2D eigenvalue weighted by atomic mass is 35.5. The number of carbonyl (C=O) groups excluding carboxylic acids is 2. The van der Waals surface area contributed by atoms with Gasteiger partial charge in [0.2, 0.25) is 11.8 Å². The van der Waals surface area contributed by atoms with Crippen molar-refractivity contribution in [2.24, 2.45) is 5.41 Å². The van der Waals surface area contributed by atoms with Gasteiger partial charge < -0.3 is 10.6 Å². The van der Waals surface area contributed by atoms with Crippen molar-refractivity contribution in [1.29, 1.82) is 0 Å². The van der Waals surface area contributed by atoms with Gasteiger partial charge in [-0.1, -0.05) is 59.1 Å². The maximum Gasteiger partial charge on any atom is 0.239 e. The van der Waals surface area contributed by atoms with Crippen LogP contribution in [0.5, 0.6) is 0 Å². The van der Waals surface area contributed by atoms with Crippen LogP contribution in [0.3, 0.4) is 0 Å². The first-order valence-electron chi connectivity index (χ1n) is 7.81. The molecule has 0 saturated carbocycles. The predicted octanol–water partition coefficient (Wildman–Crippen LogP) is 4.58. The lowest BCUT2D eigenvalue weighted by Crippen LogP contribution is -2.44. The minimum atomic E-state index is -1.27. The van der Waals surface area contributed by atoms with Crippen molar-refractivity contribution in [3.8, 4) is 0 Å². The molecule has 0 atom stereocenters. The number of halogens is 2. The molecule has 2 aromatic rings. The second-order valence-corrected chi connectivity index (χ2v) is 7.13. The Balaban J connectivity index is 2.03. The van der Waals surface area contributed by atoms with Crippen molar-refractivity contribution in [2.45, 2.75) is 27.3 Å². The number of amides is 2. The fraction of sp³-hybridized carbons (Fsp3) is 0.263. The van der Waals surface area contributed by atoms with Crippen LogP contribution in [0.25, 0.3) is 0 Å². The van der Waals surface area contributed by atoms with E-state index in [0.29, 0.717) is 17.3 Å². The molecule has 0 aliphatic heterocycles. The average Bonchev–Trinajstić information content (AvgIpc) is 2.58. The van der Waals surface area contributed by atoms with Gasteiger partial charge in [-0.3, -0.25) is 9.59 Å². The number of benzene rings is 2. The summed E-state index contributed by atoms with van der Waals surface area (Å²) in [5, 5.41) is 6.03. The van der Waals surface area contributed by atoms with Crippen LogP contribution in [0.4, 0.5) is 5.69 Å². The van der Waals surface area contributed by atoms with Gasteiger partial charge in [-0.05, 0) is 38.5 Å². The molecule has 0 radical (unpaired) electrons. The first-order chi connectivity index (χ1) is 11.7. The molecule has 2 aromatic carbocycles. The molecule has 132 valence electrons. The third kappa shape index (κ3) is 4.74. The third-order valence-electron chi connectivity index (χ3n) is 3.91. The second kappa shape index (κ2) is 7.89. The zero-order valence-electron chi connectivity index (χ0n) is 14.3. The van der Waals surface area contributed by atoms with Gasteiger partial charge in [0.1, 0.15) is 5.41 Å². The van der Waals surface area contributed by atoms with E-state index in [1.54, 1.807) is 32.0 Å². The summed E-state index contributed by atoms with van der Waals surface area (Å²) in [4.78, 5) is 25.0. The topological polar surface area (TPSA) is 58.2 Å². The summed E-state index contributed by atoms with van der Waals surface area (Å²) in [7, 11) is 0. The van der Waals surface area contributed by atoms with E-state index in [0.717, 1.165) is 11.1 Å². The molecular weight excluding hydrogens is 359 g/mol. The summed E-state index contributed by atoms with van der Waals surface area (Å²) < 4.78 is 0. The highest BCUT2D eigenvalue weighted by molar-refractivity contribution is 6.44. The molecule has 0 aromatic heterocycles. The summed E-state index contributed by atoms with van der Waals surface area (Å²) in [6.45, 7) is 5.47. The van der Waals surface area contributed by atoms with Gasteiger partial charge in [0.25, 0.3) is 0 Å². The Kier molecular flexibility index (Phi) is 6.09. The summed E-state index contributed by atoms with van der Waals surface area (Å²) in [6.07, 6.45) is 0. The Morgan fingerprint density at radius 1 is 1.00 bits per heavy atom. The smallest absolute Gasteiger partial charge is 0.239 e. The summed E-state index contributed by atoms with van der Waals surface area (Å²) >= 11 is 12.0. The summed E-state index contributed by atoms with van der Waals surface area (Å²) in [5.41, 5.74) is 1.22. The Labute approximate surface area is 157 Å². The van der Waals surface area contributed by atoms with Crippen molar-refractivity contribution < 1.29 is 9.59 Å². The molecule has 0 spiro atoms. The molecule has 2 N–H and O–H groups in total. The van der Waals surface area contributed by atoms with Crippen LogP contribution in [0.1, 0.15) is 25.0 Å². The number of rotatable bonds is 5. The Morgan fingerprint density at radius 2 is 1.64 bits per heavy atom. The summed E-state index contributed by atoms with van der Waals surface area (Å²) in [6, 6.07) is 12.8. The highest BCUT2D eigenvalue weighted by Gasteiger charge is 2.36. The molecule has 0 aliphatic carbocycles. The van der Waals surface area contributed by atoms with E-state index in [4.69, 9.17) is 23.2 Å². The van der Waals surface area contributed by atoms with Crippen LogP contribution in [0.15, 0.2) is 42.5 Å². The van der Waals surface area contributed by atoms with Crippen molar-refractivity contribution in [3.63, 3.8) is 0 Å². The van der Waals surface area contributed by atoms with Crippen molar-refractivity contribution >= 4 is 40.7 Å². The lowest BCUT2D eigenvalue weighted by molar-refractivity contribution is -0.138. The first kappa shape index (κ1) is 19.3. The number of carbonyl (C=O) groups is 2. The van der Waals surface area contributed by atoms with Crippen LogP contribution >= 0.6 is 23.2 Å². The van der Waals surface area contributed by atoms with Gasteiger partial charge >= 0.3 is 0 Å². The van der Waals surface area contributed by atoms with Crippen LogP contribution in [0.2, 0.25) is 10.0 Å². The van der Waals surface area contributed by atoms with Crippen molar-refractivity contribution in [3.05, 3.63) is 63.6 Å². The normalized spacial score (nSPS) is 11.1. The molecule has 4 nitrogen and oxygen atoms in total. The van der Waals surface area contributed by atoms with Crippen LogP contribution in [-0.4, -0.2) is 11.8 Å². The van der Waals surface area contributed by atoms with Gasteiger partial charge in [-0.25, -0.2) is 0 Å². The molecular formula is C19H20Cl2N2O2. The van der Waals surface area contributed by atoms with Crippen LogP contribution in [0, 0.1) is 12.3 Å². The summed E-state index contributed by atoms with van der Waals surface area (Å²) in [5.74, 6) is -0.832. The number of anilines is 1. The van der Waals surface area contributed by atoms with Crippen LogP contribution in [-0.2, 0) is 16.1 Å². The van der Waals surface area contributed by atoms with Gasteiger partial charge in [0, 0.05) is 6.54 Å².